The molecule has 2 aliphatic heterocycles. The van der Waals surface area contributed by atoms with Crippen LogP contribution in [-0.4, -0.2) is 59.2 Å². The maximum Gasteiger partial charge on any atom is 0.289 e. The number of aliphatic imine (C=N–C) groups is 1. The molecule has 0 saturated carbocycles. The smallest absolute Gasteiger partial charge is 0.289 e. The summed E-state index contributed by atoms with van der Waals surface area (Å²) in [5, 5.41) is 12.3. The molecule has 0 bridgehead atoms. The number of pyridine rings is 1. The van der Waals surface area contributed by atoms with Crippen LogP contribution < -0.4 is 10.1 Å². The van der Waals surface area contributed by atoms with Gasteiger partial charge in [0, 0.05) is 42.7 Å². The molecule has 186 valence electrons. The van der Waals surface area contributed by atoms with Gasteiger partial charge in [-0.25, -0.2) is 23.1 Å². The highest BCUT2D eigenvalue weighted by molar-refractivity contribution is 5.90. The number of anilines is 1. The topological polar surface area (TPSA) is 101 Å². The Bertz CT molecular complexity index is 1240. The molecular formula is C24H25F3N4O4. The first-order valence-electron chi connectivity index (χ1n) is 11.4. The summed E-state index contributed by atoms with van der Waals surface area (Å²) in [7, 11) is 0. The van der Waals surface area contributed by atoms with Gasteiger partial charge in [0.1, 0.15) is 18.0 Å². The molecule has 2 aliphatic rings. The largest absolute Gasteiger partial charge is 0.461 e. The summed E-state index contributed by atoms with van der Waals surface area (Å²) in [6.45, 7) is 1.20. The Hall–Kier alpha value is -3.31. The van der Waals surface area contributed by atoms with Gasteiger partial charge < -0.3 is 29.6 Å². The first-order valence-corrected chi connectivity index (χ1v) is 11.4. The molecule has 0 amide bonds. The maximum atomic E-state index is 14.9. The fourth-order valence-electron chi connectivity index (χ4n) is 4.40. The number of aliphatic hydroxyl groups excluding tert-OH is 1. The minimum Gasteiger partial charge on any atom is -0.461 e. The average molecular weight is 490 g/mol. The molecule has 2 aromatic heterocycles. The van der Waals surface area contributed by atoms with Crippen molar-refractivity contribution in [1.29, 1.82) is 0 Å². The molecule has 8 nitrogen and oxygen atoms in total. The first kappa shape index (κ1) is 23.4. The van der Waals surface area contributed by atoms with Crippen molar-refractivity contribution >= 4 is 22.7 Å². The van der Waals surface area contributed by atoms with Gasteiger partial charge in [-0.1, -0.05) is 0 Å². The molecule has 1 saturated heterocycles. The van der Waals surface area contributed by atoms with Gasteiger partial charge in [-0.3, -0.25) is 0 Å². The number of fused-ring (bicyclic) bond motifs is 1. The summed E-state index contributed by atoms with van der Waals surface area (Å²) in [5.74, 6) is -2.11. The van der Waals surface area contributed by atoms with Crippen LogP contribution in [0.2, 0.25) is 0 Å². The van der Waals surface area contributed by atoms with Crippen LogP contribution in [-0.2, 0) is 9.47 Å². The Kier molecular flexibility index (Phi) is 6.28. The van der Waals surface area contributed by atoms with E-state index in [2.05, 4.69) is 20.3 Å². The van der Waals surface area contributed by atoms with E-state index in [-0.39, 0.29) is 36.0 Å². The zero-order valence-electron chi connectivity index (χ0n) is 19.0. The summed E-state index contributed by atoms with van der Waals surface area (Å²) in [5.41, 5.74) is -0.493. The van der Waals surface area contributed by atoms with Crippen molar-refractivity contribution in [2.75, 3.05) is 31.7 Å². The van der Waals surface area contributed by atoms with Crippen LogP contribution in [0.25, 0.3) is 11.0 Å². The third-order valence-electron chi connectivity index (χ3n) is 6.29. The van der Waals surface area contributed by atoms with Gasteiger partial charge in [0.15, 0.2) is 23.1 Å². The standard InChI is InChI=1S/C24H25F3N4O4/c1-13-15(3-2-6-33-13)16-9-29-22-20(16)19(4-5-28-22)35-21-17(25)7-14(8-18(21)26)31-23-30-10-24(27,11-32)12-34-23/h4-5,7-9,13,15,32H,2-3,6,10-12H2,1H3,(H,28,29)(H,30,31)/t13?,15?,24-/m0/s1. The van der Waals surface area contributed by atoms with Gasteiger partial charge in [-0.2, -0.15) is 0 Å². The number of nitrogens with one attached hydrogen (secondary N) is 2. The minimum atomic E-state index is -1.98. The van der Waals surface area contributed by atoms with Gasteiger partial charge in [-0.05, 0) is 31.4 Å². The van der Waals surface area contributed by atoms with Crippen molar-refractivity contribution in [2.24, 2.45) is 4.99 Å². The number of rotatable bonds is 5. The fraction of sp³-hybridized carbons (Fsp3) is 0.417. The number of aromatic amines is 1. The molecule has 3 N–H and O–H groups in total. The maximum absolute atomic E-state index is 14.9. The van der Waals surface area contributed by atoms with Crippen molar-refractivity contribution in [3.05, 3.63) is 47.8 Å². The molecule has 0 spiro atoms. The van der Waals surface area contributed by atoms with E-state index in [1.807, 2.05) is 13.1 Å². The van der Waals surface area contributed by atoms with Crippen molar-refractivity contribution in [1.82, 2.24) is 9.97 Å². The number of nitrogens with zero attached hydrogens (tertiary/aromatic N) is 2. The lowest BCUT2D eigenvalue weighted by Crippen LogP contribution is -2.43. The Labute approximate surface area is 199 Å². The van der Waals surface area contributed by atoms with E-state index in [0.717, 1.165) is 30.5 Å². The molecule has 4 heterocycles. The number of halogens is 3. The van der Waals surface area contributed by atoms with Crippen LogP contribution in [0.15, 0.2) is 35.6 Å². The molecule has 1 fully saturated rings. The highest BCUT2D eigenvalue weighted by Gasteiger charge is 2.34. The van der Waals surface area contributed by atoms with Gasteiger partial charge in [0.2, 0.25) is 0 Å². The molecule has 3 aromatic rings. The number of benzene rings is 1. The number of aliphatic hydroxyl groups is 1. The van der Waals surface area contributed by atoms with Crippen LogP contribution >= 0.6 is 0 Å². The first-order chi connectivity index (χ1) is 16.9. The zero-order chi connectivity index (χ0) is 24.6. The number of hydrogen-bond donors (Lipinski definition) is 3. The van der Waals surface area contributed by atoms with Crippen LogP contribution in [0.1, 0.15) is 31.2 Å². The Balaban J connectivity index is 1.41. The predicted molar refractivity (Wildman–Crippen MR) is 123 cm³/mol. The summed E-state index contributed by atoms with van der Waals surface area (Å²) < 4.78 is 60.6. The van der Waals surface area contributed by atoms with Crippen molar-refractivity contribution in [3.8, 4) is 11.5 Å². The molecule has 0 radical (unpaired) electrons. The number of amidine groups is 1. The number of alkyl halides is 1. The van der Waals surface area contributed by atoms with E-state index in [0.29, 0.717) is 17.6 Å². The fourth-order valence-corrected chi connectivity index (χ4v) is 4.40. The normalized spacial score (nSPS) is 24.7. The Morgan fingerprint density at radius 2 is 2.11 bits per heavy atom. The number of H-pyrrole nitrogens is 1. The SMILES string of the molecule is CC1OCCCC1c1c[nH]c2nccc(Oc3c(F)cc(NC4=NC[C@](F)(CO)CO4)cc3F)c12. The minimum absolute atomic E-state index is 0.0110. The van der Waals surface area contributed by atoms with E-state index < -0.39 is 36.3 Å². The van der Waals surface area contributed by atoms with E-state index >= 15 is 0 Å². The molecule has 2 unspecified atom stereocenters. The van der Waals surface area contributed by atoms with Gasteiger partial charge >= 0.3 is 0 Å². The van der Waals surface area contributed by atoms with Crippen molar-refractivity contribution < 1.29 is 32.5 Å². The molecule has 35 heavy (non-hydrogen) atoms. The third kappa shape index (κ3) is 4.65. The Morgan fingerprint density at radius 3 is 2.80 bits per heavy atom. The number of aromatic nitrogens is 2. The van der Waals surface area contributed by atoms with Crippen LogP contribution in [0.3, 0.4) is 0 Å². The lowest BCUT2D eigenvalue weighted by molar-refractivity contribution is 0.0119. The van der Waals surface area contributed by atoms with E-state index in [4.69, 9.17) is 19.3 Å². The predicted octanol–water partition coefficient (Wildman–Crippen LogP) is 4.41. The van der Waals surface area contributed by atoms with Gasteiger partial charge in [-0.15, -0.1) is 0 Å². The summed E-state index contributed by atoms with van der Waals surface area (Å²) in [4.78, 5) is 11.3. The second-order valence-corrected chi connectivity index (χ2v) is 8.82. The summed E-state index contributed by atoms with van der Waals surface area (Å²) in [6, 6.07) is 3.52. The second kappa shape index (κ2) is 9.38. The highest BCUT2D eigenvalue weighted by atomic mass is 19.1. The zero-order valence-corrected chi connectivity index (χ0v) is 19.0. The van der Waals surface area contributed by atoms with Crippen LogP contribution in [0.5, 0.6) is 11.5 Å². The summed E-state index contributed by atoms with van der Waals surface area (Å²) >= 11 is 0. The number of ether oxygens (including phenoxy) is 3. The molecule has 0 aliphatic carbocycles. The van der Waals surface area contributed by atoms with Crippen LogP contribution in [0, 0.1) is 11.6 Å². The van der Waals surface area contributed by atoms with Crippen molar-refractivity contribution in [3.63, 3.8) is 0 Å². The molecule has 5 rings (SSSR count). The monoisotopic (exact) mass is 490 g/mol. The summed E-state index contributed by atoms with van der Waals surface area (Å²) in [6.07, 6.45) is 5.16. The molecule has 3 atom stereocenters. The Morgan fingerprint density at radius 1 is 1.31 bits per heavy atom. The van der Waals surface area contributed by atoms with Crippen LogP contribution in [0.4, 0.5) is 18.9 Å². The van der Waals surface area contributed by atoms with E-state index in [1.165, 1.54) is 6.20 Å². The second-order valence-electron chi connectivity index (χ2n) is 8.82. The third-order valence-corrected chi connectivity index (χ3v) is 6.29. The average Bonchev–Trinajstić information content (AvgIpc) is 3.28. The van der Waals surface area contributed by atoms with Gasteiger partial charge in [0.25, 0.3) is 6.02 Å². The number of hydrogen-bond acceptors (Lipinski definition) is 7. The van der Waals surface area contributed by atoms with Gasteiger partial charge in [0.05, 0.1) is 24.6 Å². The molecule has 1 aromatic carbocycles. The molecular weight excluding hydrogens is 465 g/mol. The van der Waals surface area contributed by atoms with Crippen molar-refractivity contribution in [2.45, 2.75) is 37.5 Å². The molecule has 11 heteroatoms. The van der Waals surface area contributed by atoms with E-state index in [1.54, 1.807) is 6.07 Å². The highest BCUT2D eigenvalue weighted by Crippen LogP contribution is 2.40. The lowest BCUT2D eigenvalue weighted by atomic mass is 9.88. The lowest BCUT2D eigenvalue weighted by Gasteiger charge is -2.29. The quantitative estimate of drug-likeness (QED) is 0.490. The van der Waals surface area contributed by atoms with E-state index in [9.17, 15) is 13.2 Å².